The van der Waals surface area contributed by atoms with E-state index in [4.69, 9.17) is 5.11 Å². The van der Waals surface area contributed by atoms with Crippen LogP contribution in [0.1, 0.15) is 50.6 Å². The van der Waals surface area contributed by atoms with E-state index in [2.05, 4.69) is 15.4 Å². The van der Waals surface area contributed by atoms with Crippen molar-refractivity contribution < 1.29 is 28.2 Å². The summed E-state index contributed by atoms with van der Waals surface area (Å²) >= 11 is 0. The highest BCUT2D eigenvalue weighted by Gasteiger charge is 2.27. The molecule has 1 unspecified atom stereocenters. The van der Waals surface area contributed by atoms with Crippen LogP contribution in [0.3, 0.4) is 0 Å². The molecule has 0 radical (unpaired) electrons. The van der Waals surface area contributed by atoms with Crippen LogP contribution in [0.4, 0.5) is 13.6 Å². The Morgan fingerprint density at radius 1 is 1.23 bits per heavy atom. The first-order valence-corrected chi connectivity index (χ1v) is 8.74. The minimum Gasteiger partial charge on any atom is -0.481 e. The van der Waals surface area contributed by atoms with Crippen LogP contribution in [-0.2, 0) is 4.79 Å². The summed E-state index contributed by atoms with van der Waals surface area (Å²) < 4.78 is 29.7. The number of para-hydroxylation sites is 1. The van der Waals surface area contributed by atoms with Gasteiger partial charge in [0.15, 0.2) is 0 Å². The second-order valence-corrected chi connectivity index (χ2v) is 6.38. The Hall–Kier alpha value is -2.38. The lowest BCUT2D eigenvalue weighted by Crippen LogP contribution is -2.45. The van der Waals surface area contributed by atoms with E-state index in [1.54, 1.807) is 18.2 Å². The van der Waals surface area contributed by atoms with E-state index >= 15 is 0 Å². The Morgan fingerprint density at radius 2 is 1.88 bits per heavy atom. The van der Waals surface area contributed by atoms with Gasteiger partial charge in [0.25, 0.3) is 0 Å². The predicted octanol–water partition coefficient (Wildman–Crippen LogP) is 3.68. The molecule has 0 aliphatic heterocycles. The van der Waals surface area contributed by atoms with Crippen LogP contribution in [0.15, 0.2) is 24.3 Å². The van der Waals surface area contributed by atoms with Gasteiger partial charge in [-0.15, -0.1) is 0 Å². The van der Waals surface area contributed by atoms with Crippen molar-refractivity contribution >= 4 is 12.0 Å². The number of hydrogen-bond acceptors (Lipinski definition) is 3. The Kier molecular flexibility index (Phi) is 7.17. The molecular weight excluding hydrogens is 346 g/mol. The zero-order chi connectivity index (χ0) is 19.1. The maximum Gasteiger partial charge on any atom is 0.387 e. The number of urea groups is 1. The van der Waals surface area contributed by atoms with E-state index in [1.165, 1.54) is 6.07 Å². The summed E-state index contributed by atoms with van der Waals surface area (Å²) in [5, 5.41) is 14.6. The highest BCUT2D eigenvalue weighted by atomic mass is 19.3. The van der Waals surface area contributed by atoms with Gasteiger partial charge in [0.1, 0.15) is 5.75 Å². The second kappa shape index (κ2) is 9.35. The minimum atomic E-state index is -2.94. The molecule has 0 aromatic heterocycles. The fourth-order valence-electron chi connectivity index (χ4n) is 3.24. The van der Waals surface area contributed by atoms with Crippen LogP contribution in [0, 0.1) is 5.92 Å². The van der Waals surface area contributed by atoms with Crippen LogP contribution < -0.4 is 15.4 Å². The summed E-state index contributed by atoms with van der Waals surface area (Å²) in [6, 6.07) is 5.41. The third-order valence-corrected chi connectivity index (χ3v) is 4.64. The van der Waals surface area contributed by atoms with Gasteiger partial charge < -0.3 is 20.5 Å². The Labute approximate surface area is 150 Å². The molecule has 26 heavy (non-hydrogen) atoms. The molecule has 6 nitrogen and oxygen atoms in total. The van der Waals surface area contributed by atoms with Crippen LogP contribution in [0.5, 0.6) is 5.75 Å². The lowest BCUT2D eigenvalue weighted by molar-refractivity contribution is -0.142. The van der Waals surface area contributed by atoms with Crippen molar-refractivity contribution in [2.75, 3.05) is 0 Å². The number of benzene rings is 1. The van der Waals surface area contributed by atoms with Crippen LogP contribution in [-0.4, -0.2) is 29.8 Å². The van der Waals surface area contributed by atoms with Gasteiger partial charge in [0.2, 0.25) is 0 Å². The van der Waals surface area contributed by atoms with E-state index < -0.39 is 24.7 Å². The smallest absolute Gasteiger partial charge is 0.387 e. The largest absolute Gasteiger partial charge is 0.481 e. The van der Waals surface area contributed by atoms with E-state index in [1.807, 2.05) is 6.92 Å². The van der Waals surface area contributed by atoms with Gasteiger partial charge in [-0.2, -0.15) is 8.78 Å². The number of hydrogen-bond donors (Lipinski definition) is 3. The molecule has 1 aromatic rings. The summed E-state index contributed by atoms with van der Waals surface area (Å²) in [4.78, 5) is 23.2. The first kappa shape index (κ1) is 19.9. The number of carboxylic acid groups (broad SMARTS) is 1. The monoisotopic (exact) mass is 370 g/mol. The minimum absolute atomic E-state index is 0.0385. The molecule has 0 spiro atoms. The maximum atomic E-state index is 12.6. The summed E-state index contributed by atoms with van der Waals surface area (Å²) in [7, 11) is 0. The molecule has 1 saturated carbocycles. The summed E-state index contributed by atoms with van der Waals surface area (Å²) in [5.74, 6) is -1.11. The normalized spacial score (nSPS) is 21.1. The fraction of sp³-hybridized carbons (Fsp3) is 0.556. The molecule has 1 atom stereocenters. The molecule has 0 heterocycles. The van der Waals surface area contributed by atoms with Crippen LogP contribution >= 0.6 is 0 Å². The van der Waals surface area contributed by atoms with Gasteiger partial charge in [0, 0.05) is 11.6 Å². The number of carbonyl (C=O) groups excluding carboxylic acids is 1. The third kappa shape index (κ3) is 5.57. The van der Waals surface area contributed by atoms with Crippen LogP contribution in [0.25, 0.3) is 0 Å². The highest BCUT2D eigenvalue weighted by Crippen LogP contribution is 2.29. The predicted molar refractivity (Wildman–Crippen MR) is 91.2 cm³/mol. The summed E-state index contributed by atoms with van der Waals surface area (Å²) in [6.07, 6.45) is 2.77. The van der Waals surface area contributed by atoms with Gasteiger partial charge in [-0.1, -0.05) is 25.1 Å². The number of carboxylic acids is 1. The lowest BCUT2D eigenvalue weighted by atomic mass is 9.86. The van der Waals surface area contributed by atoms with Gasteiger partial charge in [0.05, 0.1) is 12.0 Å². The Bertz CT molecular complexity index is 619. The molecule has 2 amide bonds. The van der Waals surface area contributed by atoms with Crippen molar-refractivity contribution in [3.05, 3.63) is 29.8 Å². The Balaban J connectivity index is 1.94. The maximum absolute atomic E-state index is 12.6. The third-order valence-electron chi connectivity index (χ3n) is 4.64. The first-order valence-electron chi connectivity index (χ1n) is 8.74. The molecule has 1 aliphatic rings. The number of carbonyl (C=O) groups is 2. The van der Waals surface area contributed by atoms with Crippen molar-refractivity contribution in [1.29, 1.82) is 0 Å². The molecule has 8 heteroatoms. The number of aliphatic carboxylic acids is 1. The molecule has 2 rings (SSSR count). The number of halogens is 2. The lowest BCUT2D eigenvalue weighted by Gasteiger charge is -2.28. The van der Waals surface area contributed by atoms with Gasteiger partial charge in [-0.25, -0.2) is 4.79 Å². The number of nitrogens with one attached hydrogen (secondary N) is 2. The standard InChI is InChI=1S/C18H24F2N2O4/c1-2-14(13-5-3-4-6-15(13)26-17(19)20)22-18(25)21-12-9-7-11(8-10-12)16(23)24/h3-6,11-12,14,17H,2,7-10H2,1H3,(H,23,24)(H2,21,22,25). The number of amides is 2. The summed E-state index contributed by atoms with van der Waals surface area (Å²) in [6.45, 7) is -1.10. The zero-order valence-electron chi connectivity index (χ0n) is 14.6. The van der Waals surface area contributed by atoms with Crippen molar-refractivity contribution in [3.8, 4) is 5.75 Å². The summed E-state index contributed by atoms with van der Waals surface area (Å²) in [5.41, 5.74) is 0.486. The van der Waals surface area contributed by atoms with Crippen molar-refractivity contribution in [2.45, 2.75) is 57.7 Å². The number of alkyl halides is 2. The SMILES string of the molecule is CCC(NC(=O)NC1CCC(C(=O)O)CC1)c1ccccc1OC(F)F. The average molecular weight is 370 g/mol. The average Bonchev–Trinajstić information content (AvgIpc) is 2.60. The van der Waals surface area contributed by atoms with Crippen LogP contribution in [0.2, 0.25) is 0 Å². The zero-order valence-corrected chi connectivity index (χ0v) is 14.6. The molecule has 144 valence electrons. The first-order chi connectivity index (χ1) is 12.4. The molecular formula is C18H24F2N2O4. The molecule has 0 bridgehead atoms. The van der Waals surface area contributed by atoms with Crippen molar-refractivity contribution in [2.24, 2.45) is 5.92 Å². The van der Waals surface area contributed by atoms with E-state index in [-0.39, 0.29) is 17.7 Å². The van der Waals surface area contributed by atoms with Crippen molar-refractivity contribution in [1.82, 2.24) is 10.6 Å². The second-order valence-electron chi connectivity index (χ2n) is 6.38. The molecule has 1 aliphatic carbocycles. The molecule has 0 saturated heterocycles. The topological polar surface area (TPSA) is 87.7 Å². The Morgan fingerprint density at radius 3 is 2.46 bits per heavy atom. The number of rotatable bonds is 7. The molecule has 3 N–H and O–H groups in total. The van der Waals surface area contributed by atoms with Gasteiger partial charge in [-0.05, 0) is 38.2 Å². The van der Waals surface area contributed by atoms with Gasteiger partial charge >= 0.3 is 18.6 Å². The van der Waals surface area contributed by atoms with E-state index in [9.17, 15) is 18.4 Å². The highest BCUT2D eigenvalue weighted by molar-refractivity contribution is 5.75. The molecule has 1 fully saturated rings. The van der Waals surface area contributed by atoms with Crippen molar-refractivity contribution in [3.63, 3.8) is 0 Å². The van der Waals surface area contributed by atoms with E-state index in [0.717, 1.165) is 0 Å². The van der Waals surface area contributed by atoms with Gasteiger partial charge in [-0.3, -0.25) is 4.79 Å². The number of ether oxygens (including phenoxy) is 1. The van der Waals surface area contributed by atoms with E-state index in [0.29, 0.717) is 37.7 Å². The quantitative estimate of drug-likeness (QED) is 0.683. The molecule has 1 aromatic carbocycles. The fourth-order valence-corrected chi connectivity index (χ4v) is 3.24.